The Balaban J connectivity index is 2.37. The molecule has 0 aromatic heterocycles. The van der Waals surface area contributed by atoms with Gasteiger partial charge in [-0.3, -0.25) is 0 Å². The summed E-state index contributed by atoms with van der Waals surface area (Å²) in [6.07, 6.45) is 4.25. The molecule has 1 rings (SSSR count). The third-order valence-corrected chi connectivity index (χ3v) is 3.11. The summed E-state index contributed by atoms with van der Waals surface area (Å²) in [6.45, 7) is 9.85. The number of carbonyl (C=O) groups is 1. The van der Waals surface area contributed by atoms with E-state index >= 15 is 0 Å². The number of allylic oxidation sites excluding steroid dienone is 3. The number of hydrogen-bond donors (Lipinski definition) is 2. The van der Waals surface area contributed by atoms with Gasteiger partial charge >= 0.3 is 6.09 Å². The van der Waals surface area contributed by atoms with Gasteiger partial charge in [-0.2, -0.15) is 0 Å². The number of carbonyl (C=O) groups excluding carboxylic acids is 1. The summed E-state index contributed by atoms with van der Waals surface area (Å²) in [4.78, 5) is 11.5. The molecular weight excluding hydrogens is 242 g/mol. The largest absolute Gasteiger partial charge is 0.508 e. The second-order valence-electron chi connectivity index (χ2n) is 5.90. The smallest absolute Gasteiger partial charge is 0.407 e. The second kappa shape index (κ2) is 6.13. The highest BCUT2D eigenvalue weighted by Gasteiger charge is 2.40. The highest BCUT2D eigenvalue weighted by molar-refractivity contribution is 5.67. The fourth-order valence-corrected chi connectivity index (χ4v) is 2.10. The van der Waals surface area contributed by atoms with E-state index in [0.29, 0.717) is 24.1 Å². The maximum absolute atomic E-state index is 11.5. The quantitative estimate of drug-likeness (QED) is 0.605. The third kappa shape index (κ3) is 4.97. The average molecular weight is 267 g/mol. The Morgan fingerprint density at radius 2 is 2.00 bits per heavy atom. The van der Waals surface area contributed by atoms with E-state index in [1.54, 1.807) is 6.08 Å². The van der Waals surface area contributed by atoms with Crippen molar-refractivity contribution < 1.29 is 14.6 Å². The van der Waals surface area contributed by atoms with Crippen molar-refractivity contribution in [2.24, 2.45) is 11.8 Å². The predicted octanol–water partition coefficient (Wildman–Crippen LogP) is 3.56. The molecule has 4 nitrogen and oxygen atoms in total. The van der Waals surface area contributed by atoms with Crippen LogP contribution in [-0.4, -0.2) is 23.3 Å². The second-order valence-corrected chi connectivity index (χ2v) is 5.90. The molecule has 0 saturated heterocycles. The first kappa shape index (κ1) is 15.6. The Morgan fingerprint density at radius 1 is 1.37 bits per heavy atom. The highest BCUT2D eigenvalue weighted by Crippen LogP contribution is 2.45. The summed E-state index contributed by atoms with van der Waals surface area (Å²) in [7, 11) is 0. The summed E-state index contributed by atoms with van der Waals surface area (Å²) in [5.41, 5.74) is 0.503. The van der Waals surface area contributed by atoms with Gasteiger partial charge in [-0.05, 0) is 64.5 Å². The topological polar surface area (TPSA) is 58.6 Å². The molecule has 0 aromatic rings. The van der Waals surface area contributed by atoms with Gasteiger partial charge in [0.05, 0.1) is 0 Å². The summed E-state index contributed by atoms with van der Waals surface area (Å²) < 4.78 is 5.18. The molecular formula is C15H25NO3. The molecule has 0 aliphatic heterocycles. The van der Waals surface area contributed by atoms with Crippen LogP contribution in [0.4, 0.5) is 4.79 Å². The van der Waals surface area contributed by atoms with Crippen molar-refractivity contribution in [1.29, 1.82) is 0 Å². The summed E-state index contributed by atoms with van der Waals surface area (Å²) in [5.74, 6) is 1.07. The number of hydrogen-bond acceptors (Lipinski definition) is 3. The lowest BCUT2D eigenvalue weighted by Gasteiger charge is -2.19. The Bertz CT molecular complexity index is 391. The Hall–Kier alpha value is -1.45. The van der Waals surface area contributed by atoms with Crippen LogP contribution in [0.3, 0.4) is 0 Å². The van der Waals surface area contributed by atoms with Crippen LogP contribution in [0, 0.1) is 11.8 Å². The van der Waals surface area contributed by atoms with Crippen LogP contribution in [0.25, 0.3) is 0 Å². The van der Waals surface area contributed by atoms with Crippen LogP contribution in [0.1, 0.15) is 41.0 Å². The first-order valence-electron chi connectivity index (χ1n) is 6.77. The minimum atomic E-state index is -0.468. The molecule has 4 heteroatoms. The van der Waals surface area contributed by atoms with Gasteiger partial charge in [0.15, 0.2) is 0 Å². The lowest BCUT2D eigenvalue weighted by molar-refractivity contribution is 0.0525. The van der Waals surface area contributed by atoms with E-state index in [9.17, 15) is 9.90 Å². The van der Waals surface area contributed by atoms with E-state index in [2.05, 4.69) is 5.32 Å². The lowest BCUT2D eigenvalue weighted by atomic mass is 10.1. The van der Waals surface area contributed by atoms with E-state index in [1.807, 2.05) is 40.7 Å². The predicted molar refractivity (Wildman–Crippen MR) is 76.0 cm³/mol. The van der Waals surface area contributed by atoms with Gasteiger partial charge in [0.25, 0.3) is 0 Å². The van der Waals surface area contributed by atoms with Crippen molar-refractivity contribution in [3.8, 4) is 0 Å². The number of nitrogens with one attached hydrogen (secondary N) is 1. The van der Waals surface area contributed by atoms with Gasteiger partial charge in [0.1, 0.15) is 11.4 Å². The normalized spacial score (nSPS) is 24.1. The zero-order chi connectivity index (χ0) is 14.6. The van der Waals surface area contributed by atoms with Crippen molar-refractivity contribution >= 4 is 6.09 Å². The molecule has 1 aliphatic carbocycles. The molecule has 1 aliphatic rings. The number of amides is 1. The van der Waals surface area contributed by atoms with E-state index in [-0.39, 0.29) is 6.09 Å². The highest BCUT2D eigenvalue weighted by atomic mass is 16.6. The molecule has 19 heavy (non-hydrogen) atoms. The van der Waals surface area contributed by atoms with Crippen molar-refractivity contribution in [3.05, 3.63) is 23.5 Å². The molecule has 2 atom stereocenters. The van der Waals surface area contributed by atoms with Crippen LogP contribution < -0.4 is 5.32 Å². The van der Waals surface area contributed by atoms with Gasteiger partial charge < -0.3 is 15.2 Å². The fourth-order valence-electron chi connectivity index (χ4n) is 2.10. The number of aliphatic hydroxyl groups excluding tert-OH is 1. The molecule has 0 radical (unpaired) electrons. The molecule has 0 bridgehead atoms. The SMILES string of the molecule is C/C=C(\C(O)=C/C)C1CC1CNC(=O)OC(C)(C)C. The van der Waals surface area contributed by atoms with Crippen LogP contribution in [-0.2, 0) is 4.74 Å². The monoisotopic (exact) mass is 267 g/mol. The van der Waals surface area contributed by atoms with Crippen LogP contribution in [0.15, 0.2) is 23.5 Å². The fraction of sp³-hybridized carbons (Fsp3) is 0.667. The zero-order valence-corrected chi connectivity index (χ0v) is 12.5. The van der Waals surface area contributed by atoms with Crippen LogP contribution >= 0.6 is 0 Å². The van der Waals surface area contributed by atoms with E-state index in [4.69, 9.17) is 4.74 Å². The summed E-state index contributed by atoms with van der Waals surface area (Å²) in [6, 6.07) is 0. The zero-order valence-electron chi connectivity index (χ0n) is 12.5. The van der Waals surface area contributed by atoms with Crippen LogP contribution in [0.2, 0.25) is 0 Å². The minimum absolute atomic E-state index is 0.340. The third-order valence-electron chi connectivity index (χ3n) is 3.11. The Kier molecular flexibility index (Phi) is 5.04. The van der Waals surface area contributed by atoms with Gasteiger partial charge in [-0.15, -0.1) is 0 Å². The minimum Gasteiger partial charge on any atom is -0.508 e. The molecule has 0 aromatic carbocycles. The van der Waals surface area contributed by atoms with Crippen LogP contribution in [0.5, 0.6) is 0 Å². The number of rotatable bonds is 4. The lowest BCUT2D eigenvalue weighted by Crippen LogP contribution is -2.33. The first-order valence-corrected chi connectivity index (χ1v) is 6.77. The van der Waals surface area contributed by atoms with E-state index in [1.165, 1.54) is 0 Å². The maximum Gasteiger partial charge on any atom is 0.407 e. The average Bonchev–Trinajstić information content (AvgIpc) is 3.04. The van der Waals surface area contributed by atoms with Crippen molar-refractivity contribution in [2.75, 3.05) is 6.54 Å². The number of aliphatic hydroxyl groups is 1. The molecule has 108 valence electrons. The summed E-state index contributed by atoms with van der Waals surface area (Å²) >= 11 is 0. The van der Waals surface area contributed by atoms with Gasteiger partial charge in [0, 0.05) is 6.54 Å². The summed E-state index contributed by atoms with van der Waals surface area (Å²) in [5, 5.41) is 12.5. The molecule has 0 heterocycles. The molecule has 2 N–H and O–H groups in total. The van der Waals surface area contributed by atoms with Gasteiger partial charge in [-0.1, -0.05) is 6.08 Å². The standard InChI is InChI=1S/C15H25NO3/c1-6-11(13(17)7-2)12-8-10(12)9-16-14(18)19-15(3,4)5/h6-7,10,12,17H,8-9H2,1-5H3,(H,16,18)/b11-6-,13-7+. The molecule has 0 spiro atoms. The molecule has 1 amide bonds. The molecule has 2 unspecified atom stereocenters. The van der Waals surface area contributed by atoms with Crippen molar-refractivity contribution in [3.63, 3.8) is 0 Å². The first-order chi connectivity index (χ1) is 8.78. The number of ether oxygens (including phenoxy) is 1. The van der Waals surface area contributed by atoms with Gasteiger partial charge in [-0.25, -0.2) is 4.79 Å². The Labute approximate surface area is 115 Å². The van der Waals surface area contributed by atoms with Crippen molar-refractivity contribution in [1.82, 2.24) is 5.32 Å². The molecule has 1 saturated carbocycles. The van der Waals surface area contributed by atoms with Crippen molar-refractivity contribution in [2.45, 2.75) is 46.6 Å². The molecule has 1 fully saturated rings. The maximum atomic E-state index is 11.5. The van der Waals surface area contributed by atoms with E-state index < -0.39 is 5.60 Å². The number of alkyl carbamates (subject to hydrolysis) is 1. The Morgan fingerprint density at radius 3 is 2.47 bits per heavy atom. The van der Waals surface area contributed by atoms with E-state index in [0.717, 1.165) is 12.0 Å². The van der Waals surface area contributed by atoms with Gasteiger partial charge in [0.2, 0.25) is 0 Å².